The maximum Gasteiger partial charge on any atom is 0.249 e. The number of aryl methyl sites for hydroxylation is 1. The third-order valence-electron chi connectivity index (χ3n) is 5.01. The highest BCUT2D eigenvalue weighted by Crippen LogP contribution is 2.32. The molecule has 3 atom stereocenters. The van der Waals surface area contributed by atoms with Gasteiger partial charge in [-0.15, -0.1) is 0 Å². The van der Waals surface area contributed by atoms with Crippen molar-refractivity contribution in [3.05, 3.63) is 41.7 Å². The van der Waals surface area contributed by atoms with Gasteiger partial charge in [0, 0.05) is 25.2 Å². The number of aromatic nitrogens is 1. The van der Waals surface area contributed by atoms with Crippen LogP contribution in [0.2, 0.25) is 0 Å². The number of nitrogens with one attached hydrogen (secondary N) is 1. The fourth-order valence-corrected chi connectivity index (χ4v) is 3.81. The van der Waals surface area contributed by atoms with Crippen molar-refractivity contribution in [3.63, 3.8) is 0 Å². The van der Waals surface area contributed by atoms with E-state index >= 15 is 0 Å². The fraction of sp³-hybridized carbons (Fsp3) is 0.556. The molecule has 4 heterocycles. The number of fused-ring (bicyclic) bond motifs is 1. The van der Waals surface area contributed by atoms with Crippen LogP contribution in [0.3, 0.4) is 0 Å². The van der Waals surface area contributed by atoms with Gasteiger partial charge in [0.2, 0.25) is 5.91 Å². The lowest BCUT2D eigenvalue weighted by Gasteiger charge is -2.35. The summed E-state index contributed by atoms with van der Waals surface area (Å²) in [6, 6.07) is 5.98. The summed E-state index contributed by atoms with van der Waals surface area (Å²) in [6.07, 6.45) is 3.99. The number of rotatable bonds is 5. The predicted molar refractivity (Wildman–Crippen MR) is 88.5 cm³/mol. The van der Waals surface area contributed by atoms with Crippen LogP contribution < -0.4 is 5.32 Å². The molecule has 2 fully saturated rings. The Kier molecular flexibility index (Phi) is 4.59. The molecule has 0 spiro atoms. The first kappa shape index (κ1) is 16.4. The molecule has 25 heavy (non-hydrogen) atoms. The molecule has 4 rings (SSSR count). The van der Waals surface area contributed by atoms with Crippen LogP contribution >= 0.6 is 0 Å². The molecule has 0 bridgehead atoms. The van der Waals surface area contributed by atoms with Crippen molar-refractivity contribution in [1.29, 1.82) is 0 Å². The van der Waals surface area contributed by atoms with Crippen molar-refractivity contribution >= 4 is 5.91 Å². The summed E-state index contributed by atoms with van der Waals surface area (Å²) in [5.41, 5.74) is 0.955. The summed E-state index contributed by atoms with van der Waals surface area (Å²) in [5.74, 6) is 1.52. The standard InChI is InChI=1S/C18H23N3O4/c1-12-9-13(20-25-12)11-21-7-6-16-15(21)4-5-17(24-16)18(22)19-10-14-3-2-8-23-14/h2-3,8-9,15-17H,4-7,10-11H2,1H3,(H,19,22)/t15-,16-,17-/m0/s1. The zero-order valence-electron chi connectivity index (χ0n) is 14.3. The Morgan fingerprint density at radius 3 is 3.08 bits per heavy atom. The Balaban J connectivity index is 1.29. The largest absolute Gasteiger partial charge is 0.467 e. The van der Waals surface area contributed by atoms with E-state index in [1.807, 2.05) is 25.1 Å². The van der Waals surface area contributed by atoms with E-state index in [0.29, 0.717) is 12.6 Å². The van der Waals surface area contributed by atoms with Gasteiger partial charge in [0.15, 0.2) is 0 Å². The molecular weight excluding hydrogens is 322 g/mol. The van der Waals surface area contributed by atoms with E-state index in [0.717, 1.165) is 49.6 Å². The second kappa shape index (κ2) is 7.01. The highest BCUT2D eigenvalue weighted by molar-refractivity contribution is 5.80. The summed E-state index contributed by atoms with van der Waals surface area (Å²) in [6.45, 7) is 4.04. The van der Waals surface area contributed by atoms with E-state index < -0.39 is 0 Å². The predicted octanol–water partition coefficient (Wildman–Crippen LogP) is 2.01. The maximum absolute atomic E-state index is 12.3. The Hall–Kier alpha value is -2.12. The molecule has 0 radical (unpaired) electrons. The Labute approximate surface area is 146 Å². The quantitative estimate of drug-likeness (QED) is 0.893. The zero-order chi connectivity index (χ0) is 17.2. The minimum Gasteiger partial charge on any atom is -0.467 e. The van der Waals surface area contributed by atoms with Gasteiger partial charge in [0.25, 0.3) is 0 Å². The highest BCUT2D eigenvalue weighted by Gasteiger charge is 2.41. The van der Waals surface area contributed by atoms with Gasteiger partial charge < -0.3 is 19.0 Å². The van der Waals surface area contributed by atoms with E-state index in [4.69, 9.17) is 13.7 Å². The van der Waals surface area contributed by atoms with Gasteiger partial charge in [0.05, 0.1) is 24.6 Å². The number of hydrogen-bond donors (Lipinski definition) is 1. The van der Waals surface area contributed by atoms with Crippen LogP contribution in [0, 0.1) is 6.92 Å². The average Bonchev–Trinajstić information content (AvgIpc) is 3.35. The molecule has 134 valence electrons. The monoisotopic (exact) mass is 345 g/mol. The van der Waals surface area contributed by atoms with Crippen LogP contribution in [0.25, 0.3) is 0 Å². The number of ether oxygens (including phenoxy) is 1. The molecule has 0 saturated carbocycles. The van der Waals surface area contributed by atoms with Gasteiger partial charge in [-0.25, -0.2) is 0 Å². The zero-order valence-corrected chi connectivity index (χ0v) is 14.3. The summed E-state index contributed by atoms with van der Waals surface area (Å²) < 4.78 is 16.5. The molecule has 2 saturated heterocycles. The Morgan fingerprint density at radius 1 is 1.40 bits per heavy atom. The summed E-state index contributed by atoms with van der Waals surface area (Å²) in [7, 11) is 0. The van der Waals surface area contributed by atoms with Crippen molar-refractivity contribution in [3.8, 4) is 0 Å². The van der Waals surface area contributed by atoms with Gasteiger partial charge in [-0.05, 0) is 38.3 Å². The molecule has 0 aromatic carbocycles. The SMILES string of the molecule is Cc1cc(CN2CC[C@@H]3O[C@H](C(=O)NCc4ccco4)CC[C@@H]32)no1. The van der Waals surface area contributed by atoms with Crippen molar-refractivity contribution in [1.82, 2.24) is 15.4 Å². The van der Waals surface area contributed by atoms with Crippen molar-refractivity contribution in [2.45, 2.75) is 57.5 Å². The van der Waals surface area contributed by atoms with Crippen molar-refractivity contribution in [2.24, 2.45) is 0 Å². The van der Waals surface area contributed by atoms with Gasteiger partial charge in [-0.3, -0.25) is 9.69 Å². The van der Waals surface area contributed by atoms with Crippen LogP contribution in [0.1, 0.15) is 36.5 Å². The molecular formula is C18H23N3O4. The first-order valence-corrected chi connectivity index (χ1v) is 8.81. The minimum absolute atomic E-state index is 0.0552. The van der Waals surface area contributed by atoms with Gasteiger partial charge in [0.1, 0.15) is 17.6 Å². The molecule has 2 aliphatic heterocycles. The van der Waals surface area contributed by atoms with E-state index in [1.165, 1.54) is 0 Å². The van der Waals surface area contributed by atoms with Crippen LogP contribution in [-0.2, 0) is 22.6 Å². The van der Waals surface area contributed by atoms with Crippen LogP contribution in [0.5, 0.6) is 0 Å². The third-order valence-corrected chi connectivity index (χ3v) is 5.01. The number of carbonyl (C=O) groups excluding carboxylic acids is 1. The van der Waals surface area contributed by atoms with E-state index in [-0.39, 0.29) is 18.1 Å². The Morgan fingerprint density at radius 2 is 2.32 bits per heavy atom. The molecule has 2 aliphatic rings. The lowest BCUT2D eigenvalue weighted by Crippen LogP contribution is -2.47. The molecule has 0 unspecified atom stereocenters. The number of amides is 1. The van der Waals surface area contributed by atoms with Crippen LogP contribution in [0.4, 0.5) is 0 Å². The van der Waals surface area contributed by atoms with E-state index in [1.54, 1.807) is 6.26 Å². The second-order valence-electron chi connectivity index (χ2n) is 6.79. The third kappa shape index (κ3) is 3.62. The molecule has 0 aliphatic carbocycles. The molecule has 7 nitrogen and oxygen atoms in total. The van der Waals surface area contributed by atoms with E-state index in [2.05, 4.69) is 15.4 Å². The summed E-state index contributed by atoms with van der Waals surface area (Å²) in [5, 5.41) is 6.97. The topological polar surface area (TPSA) is 80.7 Å². The summed E-state index contributed by atoms with van der Waals surface area (Å²) in [4.78, 5) is 14.7. The second-order valence-corrected chi connectivity index (χ2v) is 6.79. The van der Waals surface area contributed by atoms with Crippen molar-refractivity contribution in [2.75, 3.05) is 6.54 Å². The normalized spacial score (nSPS) is 26.5. The van der Waals surface area contributed by atoms with Gasteiger partial charge >= 0.3 is 0 Å². The molecule has 1 amide bonds. The number of nitrogens with zero attached hydrogens (tertiary/aromatic N) is 2. The first-order valence-electron chi connectivity index (χ1n) is 8.81. The number of carbonyl (C=O) groups is 1. The van der Waals surface area contributed by atoms with Crippen LogP contribution in [-0.4, -0.2) is 40.8 Å². The fourth-order valence-electron chi connectivity index (χ4n) is 3.81. The van der Waals surface area contributed by atoms with Crippen LogP contribution in [0.15, 0.2) is 33.4 Å². The lowest BCUT2D eigenvalue weighted by molar-refractivity contribution is -0.144. The van der Waals surface area contributed by atoms with Gasteiger partial charge in [-0.1, -0.05) is 5.16 Å². The highest BCUT2D eigenvalue weighted by atomic mass is 16.5. The molecule has 2 aromatic rings. The smallest absolute Gasteiger partial charge is 0.249 e. The Bertz CT molecular complexity index is 712. The molecule has 2 aromatic heterocycles. The number of hydrogen-bond acceptors (Lipinski definition) is 6. The number of furan rings is 1. The lowest BCUT2D eigenvalue weighted by atomic mass is 9.98. The first-order chi connectivity index (χ1) is 12.2. The van der Waals surface area contributed by atoms with Gasteiger partial charge in [-0.2, -0.15) is 0 Å². The number of likely N-dealkylation sites (tertiary alicyclic amines) is 1. The molecule has 7 heteroatoms. The van der Waals surface area contributed by atoms with Crippen molar-refractivity contribution < 1.29 is 18.5 Å². The summed E-state index contributed by atoms with van der Waals surface area (Å²) >= 11 is 0. The molecule has 1 N–H and O–H groups in total. The van der Waals surface area contributed by atoms with E-state index in [9.17, 15) is 4.79 Å². The maximum atomic E-state index is 12.3. The minimum atomic E-state index is -0.370. The average molecular weight is 345 g/mol.